The molecular formula is C18H15N3O3. The van der Waals surface area contributed by atoms with Crippen molar-refractivity contribution in [3.05, 3.63) is 88.6 Å². The molecule has 0 saturated carbocycles. The maximum Gasteiger partial charge on any atom is 0.260 e. The summed E-state index contributed by atoms with van der Waals surface area (Å²) < 4.78 is 1.38. The molecule has 24 heavy (non-hydrogen) atoms. The maximum absolute atomic E-state index is 12.3. The number of anilines is 1. The number of benzene rings is 1. The molecule has 0 saturated heterocycles. The van der Waals surface area contributed by atoms with Crippen LogP contribution < -0.4 is 10.9 Å². The fraction of sp³-hybridized carbons (Fsp3) is 0.0556. The molecule has 0 aliphatic heterocycles. The van der Waals surface area contributed by atoms with E-state index in [1.54, 1.807) is 18.3 Å². The summed E-state index contributed by atoms with van der Waals surface area (Å²) in [7, 11) is 0. The van der Waals surface area contributed by atoms with Crippen molar-refractivity contribution in [2.24, 2.45) is 0 Å². The molecule has 0 bridgehead atoms. The SMILES string of the molecule is O=C(Nc1cccnc1)c1cn(Cc2ccccc2)c(=O)cc1O. The molecule has 3 aromatic rings. The van der Waals surface area contributed by atoms with Gasteiger partial charge in [0.1, 0.15) is 5.75 Å². The Kier molecular flexibility index (Phi) is 4.38. The number of aromatic nitrogens is 2. The zero-order valence-corrected chi connectivity index (χ0v) is 12.7. The van der Waals surface area contributed by atoms with Crippen molar-refractivity contribution in [3.8, 4) is 5.75 Å². The second-order valence-electron chi connectivity index (χ2n) is 5.22. The number of hydrogen-bond acceptors (Lipinski definition) is 4. The van der Waals surface area contributed by atoms with Crippen molar-refractivity contribution < 1.29 is 9.90 Å². The molecule has 0 unspecified atom stereocenters. The molecule has 6 heteroatoms. The summed E-state index contributed by atoms with van der Waals surface area (Å²) >= 11 is 0. The van der Waals surface area contributed by atoms with Crippen LogP contribution in [-0.2, 0) is 6.54 Å². The van der Waals surface area contributed by atoms with Crippen LogP contribution in [0.5, 0.6) is 5.75 Å². The number of amides is 1. The lowest BCUT2D eigenvalue weighted by Crippen LogP contribution is -2.23. The molecule has 2 heterocycles. The zero-order valence-electron chi connectivity index (χ0n) is 12.7. The van der Waals surface area contributed by atoms with Crippen molar-refractivity contribution in [2.45, 2.75) is 6.54 Å². The lowest BCUT2D eigenvalue weighted by molar-refractivity contribution is 0.102. The number of rotatable bonds is 4. The number of pyridine rings is 2. The van der Waals surface area contributed by atoms with Gasteiger partial charge in [-0.05, 0) is 17.7 Å². The molecule has 1 amide bonds. The number of hydrogen-bond donors (Lipinski definition) is 2. The van der Waals surface area contributed by atoms with Gasteiger partial charge in [-0.25, -0.2) is 0 Å². The number of aromatic hydroxyl groups is 1. The van der Waals surface area contributed by atoms with Gasteiger partial charge in [-0.1, -0.05) is 30.3 Å². The van der Waals surface area contributed by atoms with E-state index in [0.29, 0.717) is 12.2 Å². The number of nitrogens with one attached hydrogen (secondary N) is 1. The van der Waals surface area contributed by atoms with E-state index in [2.05, 4.69) is 10.3 Å². The van der Waals surface area contributed by atoms with E-state index >= 15 is 0 Å². The highest BCUT2D eigenvalue weighted by molar-refractivity contribution is 6.05. The second kappa shape index (κ2) is 6.78. The van der Waals surface area contributed by atoms with Gasteiger partial charge in [-0.3, -0.25) is 14.6 Å². The first kappa shape index (κ1) is 15.5. The van der Waals surface area contributed by atoms with Gasteiger partial charge in [-0.2, -0.15) is 0 Å². The number of carbonyl (C=O) groups excluding carboxylic acids is 1. The topological polar surface area (TPSA) is 84.2 Å². The van der Waals surface area contributed by atoms with Crippen LogP contribution in [0.4, 0.5) is 5.69 Å². The molecule has 1 aromatic carbocycles. The molecule has 0 fully saturated rings. The lowest BCUT2D eigenvalue weighted by atomic mass is 10.2. The largest absolute Gasteiger partial charge is 0.507 e. The summed E-state index contributed by atoms with van der Waals surface area (Å²) in [6, 6.07) is 13.8. The molecule has 0 aliphatic carbocycles. The fourth-order valence-electron chi connectivity index (χ4n) is 2.28. The highest BCUT2D eigenvalue weighted by Crippen LogP contribution is 2.16. The Morgan fingerprint density at radius 1 is 1.17 bits per heavy atom. The molecule has 2 aromatic heterocycles. The average Bonchev–Trinajstić information content (AvgIpc) is 2.59. The summed E-state index contributed by atoms with van der Waals surface area (Å²) in [5.41, 5.74) is 1.07. The van der Waals surface area contributed by atoms with Gasteiger partial charge in [0.05, 0.1) is 24.0 Å². The zero-order chi connectivity index (χ0) is 16.9. The molecule has 0 aliphatic rings. The summed E-state index contributed by atoms with van der Waals surface area (Å²) in [5, 5.41) is 12.6. The molecule has 6 nitrogen and oxygen atoms in total. The third-order valence-corrected chi connectivity index (χ3v) is 3.46. The molecule has 2 N–H and O–H groups in total. The first-order chi connectivity index (χ1) is 11.6. The predicted molar refractivity (Wildman–Crippen MR) is 90.1 cm³/mol. The molecule has 0 spiro atoms. The van der Waals surface area contributed by atoms with E-state index in [-0.39, 0.29) is 16.9 Å². The first-order valence-electron chi connectivity index (χ1n) is 7.32. The van der Waals surface area contributed by atoms with E-state index in [1.807, 2.05) is 30.3 Å². The Labute approximate surface area is 138 Å². The van der Waals surface area contributed by atoms with E-state index in [9.17, 15) is 14.7 Å². The Morgan fingerprint density at radius 2 is 1.96 bits per heavy atom. The van der Waals surface area contributed by atoms with Gasteiger partial charge in [0.2, 0.25) is 0 Å². The Hall–Kier alpha value is -3.41. The molecule has 0 radical (unpaired) electrons. The Bertz CT molecular complexity index is 906. The standard InChI is InChI=1S/C18H15N3O3/c22-16-9-17(23)21(11-13-5-2-1-3-6-13)12-15(16)18(24)20-14-7-4-8-19-10-14/h1-10,12,22H,11H2,(H,20,24). The van der Waals surface area contributed by atoms with Crippen LogP contribution in [-0.4, -0.2) is 20.6 Å². The lowest BCUT2D eigenvalue weighted by Gasteiger charge is -2.10. The van der Waals surface area contributed by atoms with Gasteiger partial charge >= 0.3 is 0 Å². The minimum absolute atomic E-state index is 0.0226. The molecule has 0 atom stereocenters. The van der Waals surface area contributed by atoms with Crippen molar-refractivity contribution >= 4 is 11.6 Å². The number of nitrogens with zero attached hydrogens (tertiary/aromatic N) is 2. The van der Waals surface area contributed by atoms with E-state index in [0.717, 1.165) is 11.6 Å². The van der Waals surface area contributed by atoms with Crippen LogP contribution in [0.2, 0.25) is 0 Å². The van der Waals surface area contributed by atoms with Crippen molar-refractivity contribution in [1.82, 2.24) is 9.55 Å². The van der Waals surface area contributed by atoms with Gasteiger partial charge in [-0.15, -0.1) is 0 Å². The Morgan fingerprint density at radius 3 is 2.67 bits per heavy atom. The van der Waals surface area contributed by atoms with Crippen LogP contribution in [0.25, 0.3) is 0 Å². The van der Waals surface area contributed by atoms with Gasteiger partial charge < -0.3 is 15.0 Å². The summed E-state index contributed by atoms with van der Waals surface area (Å²) in [6.07, 6.45) is 4.44. The highest BCUT2D eigenvalue weighted by atomic mass is 16.3. The van der Waals surface area contributed by atoms with E-state index < -0.39 is 5.91 Å². The molecule has 3 rings (SSSR count). The van der Waals surface area contributed by atoms with Crippen molar-refractivity contribution in [3.63, 3.8) is 0 Å². The van der Waals surface area contributed by atoms with Crippen LogP contribution in [0.3, 0.4) is 0 Å². The van der Waals surface area contributed by atoms with Crippen LogP contribution >= 0.6 is 0 Å². The average molecular weight is 321 g/mol. The van der Waals surface area contributed by atoms with E-state index in [1.165, 1.54) is 17.0 Å². The van der Waals surface area contributed by atoms with Gasteiger partial charge in [0, 0.05) is 18.5 Å². The predicted octanol–water partition coefficient (Wildman–Crippen LogP) is 2.25. The summed E-state index contributed by atoms with van der Waals surface area (Å²) in [6.45, 7) is 0.313. The second-order valence-corrected chi connectivity index (χ2v) is 5.22. The quantitative estimate of drug-likeness (QED) is 0.772. The van der Waals surface area contributed by atoms with Crippen LogP contribution in [0.1, 0.15) is 15.9 Å². The minimum atomic E-state index is -0.512. The molecular weight excluding hydrogens is 306 g/mol. The molecule has 120 valence electrons. The first-order valence-corrected chi connectivity index (χ1v) is 7.32. The van der Waals surface area contributed by atoms with Crippen LogP contribution in [0.15, 0.2) is 71.9 Å². The van der Waals surface area contributed by atoms with Gasteiger partial charge in [0.25, 0.3) is 11.5 Å². The summed E-state index contributed by atoms with van der Waals surface area (Å²) in [4.78, 5) is 28.3. The van der Waals surface area contributed by atoms with Crippen molar-refractivity contribution in [1.29, 1.82) is 0 Å². The fourth-order valence-corrected chi connectivity index (χ4v) is 2.28. The monoisotopic (exact) mass is 321 g/mol. The highest BCUT2D eigenvalue weighted by Gasteiger charge is 2.14. The third-order valence-electron chi connectivity index (χ3n) is 3.46. The maximum atomic E-state index is 12.3. The third kappa shape index (κ3) is 3.49. The van der Waals surface area contributed by atoms with Crippen molar-refractivity contribution in [2.75, 3.05) is 5.32 Å². The van der Waals surface area contributed by atoms with E-state index in [4.69, 9.17) is 0 Å². The Balaban J connectivity index is 1.89. The normalized spacial score (nSPS) is 10.3. The summed E-state index contributed by atoms with van der Waals surface area (Å²) in [5.74, 6) is -0.868. The minimum Gasteiger partial charge on any atom is -0.507 e. The smallest absolute Gasteiger partial charge is 0.260 e. The number of carbonyl (C=O) groups is 1. The van der Waals surface area contributed by atoms with Crippen LogP contribution in [0, 0.1) is 0 Å². The van der Waals surface area contributed by atoms with Gasteiger partial charge in [0.15, 0.2) is 0 Å².